The Morgan fingerprint density at radius 3 is 2.70 bits per heavy atom. The van der Waals surface area contributed by atoms with Crippen molar-refractivity contribution in [3.05, 3.63) is 45.8 Å². The van der Waals surface area contributed by atoms with Gasteiger partial charge in [0.05, 0.1) is 17.6 Å². The van der Waals surface area contributed by atoms with Crippen LogP contribution in [0.2, 0.25) is 0 Å². The summed E-state index contributed by atoms with van der Waals surface area (Å²) in [5, 5.41) is 11.1. The molecule has 0 N–H and O–H groups in total. The summed E-state index contributed by atoms with van der Waals surface area (Å²) in [6.45, 7) is 5.43. The van der Waals surface area contributed by atoms with Crippen LogP contribution in [-0.4, -0.2) is 24.6 Å². The molecule has 2 rings (SSSR count). The molecule has 0 aromatic heterocycles. The van der Waals surface area contributed by atoms with Crippen molar-refractivity contribution < 1.29 is 23.5 Å². The van der Waals surface area contributed by atoms with Crippen molar-refractivity contribution in [3.63, 3.8) is 0 Å². The Kier molecular flexibility index (Phi) is 4.01. The third-order valence-electron chi connectivity index (χ3n) is 2.96. The summed E-state index contributed by atoms with van der Waals surface area (Å²) in [6, 6.07) is 2.34. The molecule has 0 spiro atoms. The van der Waals surface area contributed by atoms with E-state index in [1.807, 2.05) is 0 Å². The van der Waals surface area contributed by atoms with Gasteiger partial charge in [-0.15, -0.1) is 0 Å². The second-order valence-electron chi connectivity index (χ2n) is 4.34. The van der Waals surface area contributed by atoms with Gasteiger partial charge in [0, 0.05) is 6.42 Å². The zero-order valence-corrected chi connectivity index (χ0v) is 11.1. The van der Waals surface area contributed by atoms with E-state index in [4.69, 9.17) is 14.2 Å². The lowest BCUT2D eigenvalue weighted by atomic mass is 10.0. The number of benzene rings is 1. The molecule has 1 aromatic carbocycles. The van der Waals surface area contributed by atoms with Gasteiger partial charge in [-0.1, -0.05) is 6.58 Å². The molecule has 1 aromatic rings. The molecule has 6 nitrogen and oxygen atoms in total. The van der Waals surface area contributed by atoms with Crippen molar-refractivity contribution in [2.45, 2.75) is 25.9 Å². The molecule has 1 heterocycles. The molecule has 1 aliphatic rings. The summed E-state index contributed by atoms with van der Waals surface area (Å²) in [5.74, 6) is -0.686. The number of methoxy groups -OCH3 is 1. The Bertz CT molecular complexity index is 554. The zero-order chi connectivity index (χ0) is 14.9. The van der Waals surface area contributed by atoms with Crippen molar-refractivity contribution in [3.8, 4) is 5.75 Å². The van der Waals surface area contributed by atoms with Crippen LogP contribution in [0, 0.1) is 15.9 Å². The highest BCUT2D eigenvalue weighted by Gasteiger charge is 2.32. The lowest BCUT2D eigenvalue weighted by Gasteiger charge is -2.35. The zero-order valence-electron chi connectivity index (χ0n) is 11.1. The van der Waals surface area contributed by atoms with Crippen LogP contribution in [0.5, 0.6) is 5.75 Å². The smallest absolute Gasteiger partial charge is 0.317 e. The van der Waals surface area contributed by atoms with Gasteiger partial charge in [0.15, 0.2) is 18.3 Å². The first-order valence-corrected chi connectivity index (χ1v) is 5.92. The third kappa shape index (κ3) is 2.63. The number of rotatable bonds is 5. The van der Waals surface area contributed by atoms with Gasteiger partial charge in [0.1, 0.15) is 5.82 Å². The fourth-order valence-electron chi connectivity index (χ4n) is 1.98. The number of halogens is 1. The molecule has 0 atom stereocenters. The Balaban J connectivity index is 2.30. The second kappa shape index (κ2) is 5.56. The number of hydrogen-bond acceptors (Lipinski definition) is 5. The first kappa shape index (κ1) is 14.4. The van der Waals surface area contributed by atoms with Crippen molar-refractivity contribution in [1.82, 2.24) is 0 Å². The predicted octanol–water partition coefficient (Wildman–Crippen LogP) is 2.56. The van der Waals surface area contributed by atoms with Gasteiger partial charge in [0.25, 0.3) is 0 Å². The summed E-state index contributed by atoms with van der Waals surface area (Å²) in [4.78, 5) is 10.4. The molecular weight excluding hydrogens is 269 g/mol. The fraction of sp³-hybridized carbons (Fsp3) is 0.385. The normalized spacial score (nSPS) is 21.1. The first-order valence-electron chi connectivity index (χ1n) is 5.92. The first-order chi connectivity index (χ1) is 9.43. The quantitative estimate of drug-likeness (QED) is 0.472. The standard InChI is InChI=1S/C13H14FNO5/c1-7(13-19-8(2)20-13)6-9-10(14)4-5-11(18-3)12(9)15(16)17/h4-5,8,13H,1,6H2,2-3H3. The van der Waals surface area contributed by atoms with Gasteiger partial charge >= 0.3 is 5.69 Å². The maximum absolute atomic E-state index is 13.9. The Labute approximate surface area is 114 Å². The van der Waals surface area contributed by atoms with Gasteiger partial charge in [-0.2, -0.15) is 0 Å². The lowest BCUT2D eigenvalue weighted by molar-refractivity contribution is -0.386. The molecular formula is C13H14FNO5. The van der Waals surface area contributed by atoms with Gasteiger partial charge in [-0.25, -0.2) is 4.39 Å². The van der Waals surface area contributed by atoms with E-state index < -0.39 is 22.7 Å². The third-order valence-corrected chi connectivity index (χ3v) is 2.96. The van der Waals surface area contributed by atoms with Crippen LogP contribution >= 0.6 is 0 Å². The molecule has 1 aliphatic heterocycles. The van der Waals surface area contributed by atoms with Gasteiger partial charge in [-0.05, 0) is 24.6 Å². The van der Waals surface area contributed by atoms with E-state index in [0.29, 0.717) is 5.57 Å². The monoisotopic (exact) mass is 283 g/mol. The van der Waals surface area contributed by atoms with Crippen molar-refractivity contribution in [2.24, 2.45) is 0 Å². The average molecular weight is 283 g/mol. The van der Waals surface area contributed by atoms with E-state index in [9.17, 15) is 14.5 Å². The van der Waals surface area contributed by atoms with Crippen LogP contribution in [0.25, 0.3) is 0 Å². The molecule has 0 aliphatic carbocycles. The molecule has 0 saturated carbocycles. The van der Waals surface area contributed by atoms with E-state index in [0.717, 1.165) is 6.07 Å². The minimum atomic E-state index is -0.689. The molecule has 0 bridgehead atoms. The van der Waals surface area contributed by atoms with E-state index in [1.54, 1.807) is 6.92 Å². The minimum absolute atomic E-state index is 0.00279. The van der Waals surface area contributed by atoms with Crippen molar-refractivity contribution in [2.75, 3.05) is 7.11 Å². The Morgan fingerprint density at radius 1 is 1.55 bits per heavy atom. The number of nitro groups is 1. The number of hydrogen-bond donors (Lipinski definition) is 0. The highest BCUT2D eigenvalue weighted by molar-refractivity contribution is 5.54. The van der Waals surface area contributed by atoms with Crippen LogP contribution in [-0.2, 0) is 15.9 Å². The molecule has 0 amide bonds. The molecule has 0 radical (unpaired) electrons. The maximum atomic E-state index is 13.9. The highest BCUT2D eigenvalue weighted by atomic mass is 19.1. The minimum Gasteiger partial charge on any atom is -0.490 e. The summed E-state index contributed by atoms with van der Waals surface area (Å²) in [5.41, 5.74) is -0.0783. The number of ether oxygens (including phenoxy) is 3. The molecule has 108 valence electrons. The van der Waals surface area contributed by atoms with Crippen molar-refractivity contribution in [1.29, 1.82) is 0 Å². The highest BCUT2D eigenvalue weighted by Crippen LogP contribution is 2.35. The average Bonchev–Trinajstić information content (AvgIpc) is 2.36. The second-order valence-corrected chi connectivity index (χ2v) is 4.34. The van der Waals surface area contributed by atoms with E-state index in [2.05, 4.69) is 6.58 Å². The van der Waals surface area contributed by atoms with E-state index >= 15 is 0 Å². The number of nitro benzene ring substituents is 1. The van der Waals surface area contributed by atoms with Gasteiger partial charge < -0.3 is 14.2 Å². The van der Waals surface area contributed by atoms with Crippen LogP contribution in [0.15, 0.2) is 24.3 Å². The maximum Gasteiger partial charge on any atom is 0.317 e. The number of nitrogens with zero attached hydrogens (tertiary/aromatic N) is 1. The summed E-state index contributed by atoms with van der Waals surface area (Å²) < 4.78 is 29.2. The topological polar surface area (TPSA) is 70.8 Å². The fourth-order valence-corrected chi connectivity index (χ4v) is 1.98. The van der Waals surface area contributed by atoms with Crippen molar-refractivity contribution >= 4 is 5.69 Å². The Hall–Kier alpha value is -1.99. The molecule has 1 fully saturated rings. The molecule has 20 heavy (non-hydrogen) atoms. The van der Waals surface area contributed by atoms with Crippen LogP contribution in [0.3, 0.4) is 0 Å². The van der Waals surface area contributed by atoms with Gasteiger partial charge in [-0.3, -0.25) is 10.1 Å². The summed E-state index contributed by atoms with van der Waals surface area (Å²) in [6.07, 6.45) is -1.06. The summed E-state index contributed by atoms with van der Waals surface area (Å²) in [7, 11) is 1.29. The molecule has 0 unspecified atom stereocenters. The van der Waals surface area contributed by atoms with Crippen LogP contribution < -0.4 is 4.74 Å². The molecule has 1 saturated heterocycles. The van der Waals surface area contributed by atoms with E-state index in [-0.39, 0.29) is 24.0 Å². The van der Waals surface area contributed by atoms with Crippen LogP contribution in [0.4, 0.5) is 10.1 Å². The van der Waals surface area contributed by atoms with Gasteiger partial charge in [0.2, 0.25) is 0 Å². The molecule has 7 heteroatoms. The predicted molar refractivity (Wildman–Crippen MR) is 67.9 cm³/mol. The SMILES string of the molecule is C=C(Cc1c(F)ccc(OC)c1[N+](=O)[O-])C1OC(C)O1. The Morgan fingerprint density at radius 2 is 2.20 bits per heavy atom. The van der Waals surface area contributed by atoms with Crippen LogP contribution in [0.1, 0.15) is 12.5 Å². The largest absolute Gasteiger partial charge is 0.490 e. The summed E-state index contributed by atoms with van der Waals surface area (Å²) >= 11 is 0. The van der Waals surface area contributed by atoms with E-state index in [1.165, 1.54) is 13.2 Å². The lowest BCUT2D eigenvalue weighted by Crippen LogP contribution is -2.40.